The molecule has 0 atom stereocenters. The Kier molecular flexibility index (Phi) is 5.90. The summed E-state index contributed by atoms with van der Waals surface area (Å²) in [5.41, 5.74) is 3.05. The van der Waals surface area contributed by atoms with Gasteiger partial charge in [-0.25, -0.2) is 4.98 Å². The summed E-state index contributed by atoms with van der Waals surface area (Å²) in [6.07, 6.45) is 3.89. The maximum Gasteiger partial charge on any atom is 0.228 e. The molecule has 2 aromatic heterocycles. The van der Waals surface area contributed by atoms with Crippen LogP contribution in [-0.4, -0.2) is 27.8 Å². The van der Waals surface area contributed by atoms with Gasteiger partial charge in [-0.2, -0.15) is 0 Å². The van der Waals surface area contributed by atoms with Gasteiger partial charge in [-0.05, 0) is 24.1 Å². The molecule has 0 aliphatic carbocycles. The van der Waals surface area contributed by atoms with Crippen molar-refractivity contribution < 1.29 is 4.79 Å². The van der Waals surface area contributed by atoms with E-state index in [2.05, 4.69) is 9.97 Å². The largest absolute Gasteiger partial charge is 0.341 e. The predicted octanol–water partition coefficient (Wildman–Crippen LogP) is 3.52. The number of pyridine rings is 1. The highest BCUT2D eigenvalue weighted by atomic mass is 32.1. The lowest BCUT2D eigenvalue weighted by molar-refractivity contribution is -0.129. The van der Waals surface area contributed by atoms with Crippen LogP contribution in [-0.2, 0) is 30.6 Å². The SMILES string of the molecule is CN(Cc1ccccc1)C(=O)Cc1csc(CCc2ccccn2)n1. The van der Waals surface area contributed by atoms with Crippen LogP contribution in [0.25, 0.3) is 0 Å². The van der Waals surface area contributed by atoms with Crippen LogP contribution in [0.15, 0.2) is 60.1 Å². The van der Waals surface area contributed by atoms with Crippen LogP contribution in [0.2, 0.25) is 0 Å². The first-order valence-corrected chi connectivity index (χ1v) is 9.20. The summed E-state index contributed by atoms with van der Waals surface area (Å²) in [5, 5.41) is 3.04. The molecule has 25 heavy (non-hydrogen) atoms. The van der Waals surface area contributed by atoms with E-state index < -0.39 is 0 Å². The highest BCUT2D eigenvalue weighted by Crippen LogP contribution is 2.14. The number of likely N-dealkylation sites (N-methyl/N-ethyl adjacent to an activating group) is 1. The van der Waals surface area contributed by atoms with Crippen LogP contribution in [0.4, 0.5) is 0 Å². The van der Waals surface area contributed by atoms with Gasteiger partial charge in [0.2, 0.25) is 5.91 Å². The number of rotatable bonds is 7. The lowest BCUT2D eigenvalue weighted by Gasteiger charge is -2.16. The second-order valence-corrected chi connectivity index (χ2v) is 6.91. The Morgan fingerprint density at radius 1 is 1.04 bits per heavy atom. The Morgan fingerprint density at radius 2 is 1.84 bits per heavy atom. The first kappa shape index (κ1) is 17.3. The van der Waals surface area contributed by atoms with Gasteiger partial charge in [0.1, 0.15) is 0 Å². The number of carbonyl (C=O) groups is 1. The normalized spacial score (nSPS) is 10.6. The molecule has 4 nitrogen and oxygen atoms in total. The molecule has 0 aliphatic heterocycles. The molecule has 1 amide bonds. The Labute approximate surface area is 152 Å². The number of benzene rings is 1. The van der Waals surface area contributed by atoms with Crippen molar-refractivity contribution in [2.45, 2.75) is 25.8 Å². The third-order valence-corrected chi connectivity index (χ3v) is 4.90. The van der Waals surface area contributed by atoms with Crippen molar-refractivity contribution in [3.8, 4) is 0 Å². The smallest absolute Gasteiger partial charge is 0.228 e. The maximum absolute atomic E-state index is 12.4. The molecule has 128 valence electrons. The standard InChI is InChI=1S/C20H21N3OS/c1-23(14-16-7-3-2-4-8-16)20(24)13-18-15-25-19(22-18)11-10-17-9-5-6-12-21-17/h2-9,12,15H,10-11,13-14H2,1H3. The second-order valence-electron chi connectivity index (χ2n) is 5.97. The van der Waals surface area contributed by atoms with Crippen molar-refractivity contribution in [2.24, 2.45) is 0 Å². The van der Waals surface area contributed by atoms with Gasteiger partial charge >= 0.3 is 0 Å². The molecular formula is C20H21N3OS. The lowest BCUT2D eigenvalue weighted by atomic mass is 10.2. The number of hydrogen-bond donors (Lipinski definition) is 0. The summed E-state index contributed by atoms with van der Waals surface area (Å²) in [5.74, 6) is 0.0884. The Bertz CT molecular complexity index is 802. The van der Waals surface area contributed by atoms with Gasteiger partial charge in [-0.3, -0.25) is 9.78 Å². The summed E-state index contributed by atoms with van der Waals surface area (Å²) >= 11 is 1.62. The molecule has 0 saturated heterocycles. The Morgan fingerprint density at radius 3 is 2.60 bits per heavy atom. The zero-order valence-corrected chi connectivity index (χ0v) is 15.1. The topological polar surface area (TPSA) is 46.1 Å². The quantitative estimate of drug-likeness (QED) is 0.654. The lowest BCUT2D eigenvalue weighted by Crippen LogP contribution is -2.27. The van der Waals surface area contributed by atoms with Crippen LogP contribution in [0, 0.1) is 0 Å². The molecule has 0 N–H and O–H groups in total. The molecule has 3 rings (SSSR count). The molecule has 0 radical (unpaired) electrons. The monoisotopic (exact) mass is 351 g/mol. The van der Waals surface area contributed by atoms with Crippen LogP contribution >= 0.6 is 11.3 Å². The Balaban J connectivity index is 1.51. The minimum absolute atomic E-state index is 0.0884. The third kappa shape index (κ3) is 5.22. The van der Waals surface area contributed by atoms with E-state index in [4.69, 9.17) is 0 Å². The van der Waals surface area contributed by atoms with Crippen molar-refractivity contribution in [1.29, 1.82) is 0 Å². The fourth-order valence-corrected chi connectivity index (χ4v) is 3.36. The van der Waals surface area contributed by atoms with E-state index >= 15 is 0 Å². The van der Waals surface area contributed by atoms with E-state index in [1.54, 1.807) is 16.2 Å². The van der Waals surface area contributed by atoms with Gasteiger partial charge in [0.15, 0.2) is 0 Å². The number of aryl methyl sites for hydroxylation is 2. The van der Waals surface area contributed by atoms with Crippen molar-refractivity contribution in [1.82, 2.24) is 14.9 Å². The Hall–Kier alpha value is -2.53. The van der Waals surface area contributed by atoms with E-state index in [-0.39, 0.29) is 5.91 Å². The molecule has 3 aromatic rings. The van der Waals surface area contributed by atoms with E-state index in [0.29, 0.717) is 13.0 Å². The summed E-state index contributed by atoms with van der Waals surface area (Å²) in [4.78, 5) is 23.1. The number of thiazole rings is 1. The average molecular weight is 351 g/mol. The molecule has 0 spiro atoms. The fraction of sp³-hybridized carbons (Fsp3) is 0.250. The van der Waals surface area contributed by atoms with Gasteiger partial charge in [0, 0.05) is 37.3 Å². The van der Waals surface area contributed by atoms with Crippen molar-refractivity contribution in [3.05, 3.63) is 82.1 Å². The van der Waals surface area contributed by atoms with Gasteiger partial charge in [-0.1, -0.05) is 36.4 Å². The number of aromatic nitrogens is 2. The van der Waals surface area contributed by atoms with Gasteiger partial charge in [0.05, 0.1) is 17.1 Å². The van der Waals surface area contributed by atoms with Crippen LogP contribution in [0.3, 0.4) is 0 Å². The first-order valence-electron chi connectivity index (χ1n) is 8.32. The molecule has 0 saturated carbocycles. The predicted molar refractivity (Wildman–Crippen MR) is 100 cm³/mol. The molecule has 5 heteroatoms. The summed E-state index contributed by atoms with van der Waals surface area (Å²) in [6, 6.07) is 16.0. The molecule has 0 fully saturated rings. The number of carbonyl (C=O) groups excluding carboxylic acids is 1. The van der Waals surface area contributed by atoms with Gasteiger partial charge < -0.3 is 4.90 Å². The summed E-state index contributed by atoms with van der Waals surface area (Å²) in [7, 11) is 1.84. The van der Waals surface area contributed by atoms with Crippen molar-refractivity contribution in [3.63, 3.8) is 0 Å². The van der Waals surface area contributed by atoms with E-state index in [1.165, 1.54) is 0 Å². The minimum Gasteiger partial charge on any atom is -0.341 e. The highest BCUT2D eigenvalue weighted by Gasteiger charge is 2.12. The van der Waals surface area contributed by atoms with Crippen molar-refractivity contribution >= 4 is 17.2 Å². The van der Waals surface area contributed by atoms with Crippen LogP contribution < -0.4 is 0 Å². The van der Waals surface area contributed by atoms with Crippen LogP contribution in [0.5, 0.6) is 0 Å². The zero-order chi connectivity index (χ0) is 17.5. The van der Waals surface area contributed by atoms with Gasteiger partial charge in [-0.15, -0.1) is 11.3 Å². The van der Waals surface area contributed by atoms with Gasteiger partial charge in [0.25, 0.3) is 0 Å². The maximum atomic E-state index is 12.4. The second kappa shape index (κ2) is 8.53. The molecular weight excluding hydrogens is 330 g/mol. The first-order chi connectivity index (χ1) is 12.2. The summed E-state index contributed by atoms with van der Waals surface area (Å²) < 4.78 is 0. The molecule has 0 aliphatic rings. The molecule has 0 bridgehead atoms. The minimum atomic E-state index is 0.0884. The average Bonchev–Trinajstić information content (AvgIpc) is 3.09. The fourth-order valence-electron chi connectivity index (χ4n) is 2.56. The molecule has 1 aromatic carbocycles. The highest BCUT2D eigenvalue weighted by molar-refractivity contribution is 7.09. The number of amides is 1. The zero-order valence-electron chi connectivity index (χ0n) is 14.3. The van der Waals surface area contributed by atoms with E-state index in [0.717, 1.165) is 34.8 Å². The summed E-state index contributed by atoms with van der Waals surface area (Å²) in [6.45, 7) is 0.621. The van der Waals surface area contributed by atoms with E-state index in [1.807, 2.05) is 67.2 Å². The molecule has 0 unspecified atom stereocenters. The number of nitrogens with zero attached hydrogens (tertiary/aromatic N) is 3. The third-order valence-electron chi connectivity index (χ3n) is 3.94. The van der Waals surface area contributed by atoms with Crippen molar-refractivity contribution in [2.75, 3.05) is 7.05 Å². The molecule has 2 heterocycles. The van der Waals surface area contributed by atoms with Crippen LogP contribution in [0.1, 0.15) is 22.0 Å². The number of hydrogen-bond acceptors (Lipinski definition) is 4. The van der Waals surface area contributed by atoms with E-state index in [9.17, 15) is 4.79 Å².